The highest BCUT2D eigenvalue weighted by Crippen LogP contribution is 2.27. The number of hydrazine groups is 1. The number of nitrogens with one attached hydrogen (secondary N) is 1. The standard InChI is InChI=1S/C12H18N6O/c13-16-10-8-18-5-3-14-11(18)12(15-10)17-4-1-9(7-17)2-6-19/h3,5,8-9,16,19H,1-2,4,6-7,13H2. The number of nitrogens with two attached hydrogens (primary N) is 1. The lowest BCUT2D eigenvalue weighted by atomic mass is 10.1. The van der Waals surface area contributed by atoms with E-state index >= 15 is 0 Å². The van der Waals surface area contributed by atoms with Gasteiger partial charge in [-0.15, -0.1) is 0 Å². The van der Waals surface area contributed by atoms with Gasteiger partial charge in [-0.3, -0.25) is 0 Å². The molecule has 0 radical (unpaired) electrons. The molecule has 102 valence electrons. The molecule has 1 aliphatic rings. The number of hydrogen-bond acceptors (Lipinski definition) is 6. The average molecular weight is 262 g/mol. The molecule has 0 aliphatic carbocycles. The average Bonchev–Trinajstić information content (AvgIpc) is 3.06. The zero-order chi connectivity index (χ0) is 13.2. The van der Waals surface area contributed by atoms with Gasteiger partial charge in [-0.2, -0.15) is 0 Å². The van der Waals surface area contributed by atoms with Gasteiger partial charge in [0.25, 0.3) is 0 Å². The highest BCUT2D eigenvalue weighted by atomic mass is 16.3. The van der Waals surface area contributed by atoms with E-state index in [1.54, 1.807) is 6.20 Å². The van der Waals surface area contributed by atoms with Crippen molar-refractivity contribution in [2.24, 2.45) is 11.8 Å². The quantitative estimate of drug-likeness (QED) is 0.539. The van der Waals surface area contributed by atoms with Gasteiger partial charge in [0.2, 0.25) is 0 Å². The monoisotopic (exact) mass is 262 g/mol. The molecule has 1 atom stereocenters. The lowest BCUT2D eigenvalue weighted by Crippen LogP contribution is -2.23. The predicted octanol–water partition coefficient (Wildman–Crippen LogP) is 0.224. The molecule has 7 nitrogen and oxygen atoms in total. The van der Waals surface area contributed by atoms with E-state index in [2.05, 4.69) is 20.3 Å². The molecule has 0 spiro atoms. The van der Waals surface area contributed by atoms with E-state index in [-0.39, 0.29) is 6.61 Å². The number of aliphatic hydroxyl groups excluding tert-OH is 1. The SMILES string of the molecule is NNc1cn2ccnc2c(N2CCC(CCO)C2)n1. The summed E-state index contributed by atoms with van der Waals surface area (Å²) in [6, 6.07) is 0. The summed E-state index contributed by atoms with van der Waals surface area (Å²) in [6.45, 7) is 2.09. The van der Waals surface area contributed by atoms with Crippen molar-refractivity contribution in [3.63, 3.8) is 0 Å². The van der Waals surface area contributed by atoms with E-state index in [1.165, 1.54) is 0 Å². The van der Waals surface area contributed by atoms with Crippen LogP contribution < -0.4 is 16.2 Å². The number of nitrogen functional groups attached to an aromatic ring is 1. The fourth-order valence-electron chi connectivity index (χ4n) is 2.64. The molecule has 1 unspecified atom stereocenters. The van der Waals surface area contributed by atoms with Crippen molar-refractivity contribution in [1.29, 1.82) is 0 Å². The molecule has 1 saturated heterocycles. The molecule has 3 heterocycles. The third kappa shape index (κ3) is 2.22. The number of aliphatic hydroxyl groups is 1. The van der Waals surface area contributed by atoms with Gasteiger partial charge < -0.3 is 19.8 Å². The van der Waals surface area contributed by atoms with Crippen LogP contribution in [0.3, 0.4) is 0 Å². The molecule has 19 heavy (non-hydrogen) atoms. The van der Waals surface area contributed by atoms with Crippen molar-refractivity contribution < 1.29 is 5.11 Å². The minimum Gasteiger partial charge on any atom is -0.396 e. The van der Waals surface area contributed by atoms with Crippen LogP contribution in [0.25, 0.3) is 5.65 Å². The van der Waals surface area contributed by atoms with Crippen molar-refractivity contribution in [2.45, 2.75) is 12.8 Å². The molecular formula is C12H18N6O. The fourth-order valence-corrected chi connectivity index (χ4v) is 2.64. The van der Waals surface area contributed by atoms with Gasteiger partial charge in [-0.1, -0.05) is 0 Å². The lowest BCUT2D eigenvalue weighted by molar-refractivity contribution is 0.263. The van der Waals surface area contributed by atoms with Crippen LogP contribution in [0.5, 0.6) is 0 Å². The second-order valence-electron chi connectivity index (χ2n) is 4.87. The summed E-state index contributed by atoms with van der Waals surface area (Å²) in [5, 5.41) is 9.03. The van der Waals surface area contributed by atoms with Crippen molar-refractivity contribution in [1.82, 2.24) is 14.4 Å². The van der Waals surface area contributed by atoms with Crippen LogP contribution in [0.15, 0.2) is 18.6 Å². The van der Waals surface area contributed by atoms with Crippen molar-refractivity contribution in [3.8, 4) is 0 Å². The van der Waals surface area contributed by atoms with Gasteiger partial charge >= 0.3 is 0 Å². The summed E-state index contributed by atoms with van der Waals surface area (Å²) >= 11 is 0. The van der Waals surface area contributed by atoms with E-state index in [1.807, 2.05) is 16.8 Å². The Labute approximate surface area is 111 Å². The van der Waals surface area contributed by atoms with E-state index in [0.717, 1.165) is 37.4 Å². The van der Waals surface area contributed by atoms with E-state index < -0.39 is 0 Å². The molecule has 2 aromatic heterocycles. The Hall–Kier alpha value is -1.86. The van der Waals surface area contributed by atoms with E-state index in [9.17, 15) is 0 Å². The Bertz CT molecular complexity index is 568. The number of nitrogens with zero attached hydrogens (tertiary/aromatic N) is 4. The zero-order valence-corrected chi connectivity index (χ0v) is 10.7. The maximum atomic E-state index is 9.03. The predicted molar refractivity (Wildman–Crippen MR) is 72.8 cm³/mol. The van der Waals surface area contributed by atoms with Crippen LogP contribution in [0.4, 0.5) is 11.6 Å². The van der Waals surface area contributed by atoms with Crippen LogP contribution in [0.1, 0.15) is 12.8 Å². The first kappa shape index (κ1) is 12.2. The number of hydrogen-bond donors (Lipinski definition) is 3. The fraction of sp³-hybridized carbons (Fsp3) is 0.500. The topological polar surface area (TPSA) is 91.7 Å². The van der Waals surface area contributed by atoms with Crippen LogP contribution in [0, 0.1) is 5.92 Å². The molecule has 1 aliphatic heterocycles. The third-order valence-corrected chi connectivity index (χ3v) is 3.63. The minimum atomic E-state index is 0.245. The molecule has 1 fully saturated rings. The van der Waals surface area contributed by atoms with Gasteiger partial charge in [0, 0.05) is 32.1 Å². The number of rotatable bonds is 4. The maximum absolute atomic E-state index is 9.03. The molecule has 0 amide bonds. The second-order valence-corrected chi connectivity index (χ2v) is 4.87. The van der Waals surface area contributed by atoms with Gasteiger partial charge in [0.1, 0.15) is 0 Å². The summed E-state index contributed by atoms with van der Waals surface area (Å²) in [5.41, 5.74) is 3.42. The molecule has 0 aromatic carbocycles. The second kappa shape index (κ2) is 5.02. The Balaban J connectivity index is 1.93. The highest BCUT2D eigenvalue weighted by Gasteiger charge is 2.25. The lowest BCUT2D eigenvalue weighted by Gasteiger charge is -2.18. The van der Waals surface area contributed by atoms with Gasteiger partial charge in [-0.25, -0.2) is 15.8 Å². The zero-order valence-electron chi connectivity index (χ0n) is 10.7. The molecule has 7 heteroatoms. The number of aromatic nitrogens is 3. The first-order valence-corrected chi connectivity index (χ1v) is 6.48. The highest BCUT2D eigenvalue weighted by molar-refractivity contribution is 5.67. The number of anilines is 2. The van der Waals surface area contributed by atoms with E-state index in [4.69, 9.17) is 10.9 Å². The molecular weight excluding hydrogens is 244 g/mol. The summed E-state index contributed by atoms with van der Waals surface area (Å²) in [5.74, 6) is 7.44. The summed E-state index contributed by atoms with van der Waals surface area (Å²) in [7, 11) is 0. The Kier molecular flexibility index (Phi) is 3.22. The van der Waals surface area contributed by atoms with Gasteiger partial charge in [0.15, 0.2) is 17.3 Å². The van der Waals surface area contributed by atoms with Crippen LogP contribution >= 0.6 is 0 Å². The summed E-state index contributed by atoms with van der Waals surface area (Å²) < 4.78 is 1.91. The number of imidazole rings is 1. The molecule has 4 N–H and O–H groups in total. The first-order valence-electron chi connectivity index (χ1n) is 6.48. The maximum Gasteiger partial charge on any atom is 0.180 e. The van der Waals surface area contributed by atoms with Crippen molar-refractivity contribution >= 4 is 17.3 Å². The molecule has 0 bridgehead atoms. The van der Waals surface area contributed by atoms with Crippen molar-refractivity contribution in [3.05, 3.63) is 18.6 Å². The van der Waals surface area contributed by atoms with Gasteiger partial charge in [-0.05, 0) is 18.8 Å². The normalized spacial score (nSPS) is 19.3. The molecule has 2 aromatic rings. The third-order valence-electron chi connectivity index (χ3n) is 3.63. The minimum absolute atomic E-state index is 0.245. The van der Waals surface area contributed by atoms with Crippen LogP contribution in [0.2, 0.25) is 0 Å². The largest absolute Gasteiger partial charge is 0.396 e. The van der Waals surface area contributed by atoms with Crippen molar-refractivity contribution in [2.75, 3.05) is 30.0 Å². The van der Waals surface area contributed by atoms with Gasteiger partial charge in [0.05, 0.1) is 6.20 Å². The van der Waals surface area contributed by atoms with E-state index in [0.29, 0.717) is 11.7 Å². The molecule has 0 saturated carbocycles. The smallest absolute Gasteiger partial charge is 0.180 e. The molecule has 3 rings (SSSR count). The number of fused-ring (bicyclic) bond motifs is 1. The van der Waals surface area contributed by atoms with Crippen LogP contribution in [-0.4, -0.2) is 39.2 Å². The summed E-state index contributed by atoms with van der Waals surface area (Å²) in [6.07, 6.45) is 7.36. The van der Waals surface area contributed by atoms with Crippen LogP contribution in [-0.2, 0) is 0 Å². The Morgan fingerprint density at radius 2 is 2.42 bits per heavy atom. The summed E-state index contributed by atoms with van der Waals surface area (Å²) in [4.78, 5) is 11.1. The first-order chi connectivity index (χ1) is 9.31. The Morgan fingerprint density at radius 3 is 3.21 bits per heavy atom. The Morgan fingerprint density at radius 1 is 1.53 bits per heavy atom.